The van der Waals surface area contributed by atoms with E-state index < -0.39 is 0 Å². The second-order valence-corrected chi connectivity index (χ2v) is 5.76. The molecule has 0 amide bonds. The van der Waals surface area contributed by atoms with E-state index in [-0.39, 0.29) is 11.6 Å². The molecule has 0 aliphatic heterocycles. The number of hydrogen-bond acceptors (Lipinski definition) is 3. The first-order valence-electron chi connectivity index (χ1n) is 7.20. The fraction of sp³-hybridized carbons (Fsp3) is 0.562. The molecule has 0 radical (unpaired) electrons. The number of benzene rings is 1. The van der Waals surface area contributed by atoms with E-state index >= 15 is 0 Å². The van der Waals surface area contributed by atoms with E-state index in [1.54, 1.807) is 0 Å². The van der Waals surface area contributed by atoms with Crippen molar-refractivity contribution >= 4 is 0 Å². The van der Waals surface area contributed by atoms with Crippen molar-refractivity contribution in [2.45, 2.75) is 56.2 Å². The zero-order valence-electron chi connectivity index (χ0n) is 11.1. The first kappa shape index (κ1) is 12.5. The molecule has 0 heterocycles. The molecule has 100 valence electrons. The molecule has 0 saturated heterocycles. The fourth-order valence-electron chi connectivity index (χ4n) is 2.90. The van der Waals surface area contributed by atoms with Crippen LogP contribution < -0.4 is 10.1 Å². The number of hydrogen-bond donors (Lipinski definition) is 1. The van der Waals surface area contributed by atoms with Gasteiger partial charge in [0.1, 0.15) is 17.4 Å². The number of rotatable bonds is 4. The van der Waals surface area contributed by atoms with Crippen LogP contribution in [0.1, 0.15) is 38.5 Å². The quantitative estimate of drug-likeness (QED) is 0.900. The van der Waals surface area contributed by atoms with Crippen molar-refractivity contribution in [1.82, 2.24) is 5.32 Å². The summed E-state index contributed by atoms with van der Waals surface area (Å²) in [5.74, 6) is 0.910. The summed E-state index contributed by atoms with van der Waals surface area (Å²) in [6.45, 7) is 0. The van der Waals surface area contributed by atoms with Gasteiger partial charge in [-0.05, 0) is 44.2 Å². The number of nitrogens with zero attached hydrogens (tertiary/aromatic N) is 1. The minimum atomic E-state index is -0.362. The van der Waals surface area contributed by atoms with Gasteiger partial charge in [0.15, 0.2) is 0 Å². The van der Waals surface area contributed by atoms with Crippen LogP contribution in [0.15, 0.2) is 30.3 Å². The third-order valence-corrected chi connectivity index (χ3v) is 4.02. The molecule has 2 aliphatic rings. The van der Waals surface area contributed by atoms with E-state index in [4.69, 9.17) is 4.74 Å². The van der Waals surface area contributed by atoms with Crippen molar-refractivity contribution in [1.29, 1.82) is 5.26 Å². The molecule has 3 heteroatoms. The van der Waals surface area contributed by atoms with Crippen molar-refractivity contribution in [3.8, 4) is 11.8 Å². The Morgan fingerprint density at radius 3 is 2.68 bits per heavy atom. The van der Waals surface area contributed by atoms with Crippen LogP contribution in [0.4, 0.5) is 0 Å². The Morgan fingerprint density at radius 1 is 1.21 bits per heavy atom. The van der Waals surface area contributed by atoms with E-state index in [1.165, 1.54) is 12.8 Å². The molecular formula is C16H20N2O. The molecule has 1 aromatic rings. The first-order chi connectivity index (χ1) is 9.30. The molecule has 2 fully saturated rings. The lowest BCUT2D eigenvalue weighted by Gasteiger charge is -2.36. The minimum absolute atomic E-state index is 0.155. The lowest BCUT2D eigenvalue weighted by molar-refractivity contribution is 0.112. The number of para-hydroxylation sites is 1. The Hall–Kier alpha value is -1.53. The SMILES string of the molecule is N#CC1(NC2CC2)CCCC(Oc2ccccc2)C1. The van der Waals surface area contributed by atoms with E-state index in [2.05, 4.69) is 11.4 Å². The van der Waals surface area contributed by atoms with Gasteiger partial charge in [-0.1, -0.05) is 18.2 Å². The van der Waals surface area contributed by atoms with Crippen molar-refractivity contribution in [3.63, 3.8) is 0 Å². The molecule has 0 aromatic heterocycles. The minimum Gasteiger partial charge on any atom is -0.490 e. The Morgan fingerprint density at radius 2 is 2.00 bits per heavy atom. The summed E-state index contributed by atoms with van der Waals surface area (Å²) >= 11 is 0. The van der Waals surface area contributed by atoms with Gasteiger partial charge >= 0.3 is 0 Å². The van der Waals surface area contributed by atoms with E-state index in [1.807, 2.05) is 30.3 Å². The third-order valence-electron chi connectivity index (χ3n) is 4.02. The van der Waals surface area contributed by atoms with Gasteiger partial charge in [0, 0.05) is 12.5 Å². The summed E-state index contributed by atoms with van der Waals surface area (Å²) in [6, 6.07) is 13.0. The average molecular weight is 256 g/mol. The van der Waals surface area contributed by atoms with Crippen LogP contribution in [0.2, 0.25) is 0 Å². The highest BCUT2D eigenvalue weighted by Crippen LogP contribution is 2.34. The largest absolute Gasteiger partial charge is 0.490 e. The van der Waals surface area contributed by atoms with Crippen molar-refractivity contribution in [2.75, 3.05) is 0 Å². The third kappa shape index (κ3) is 3.08. The Balaban J connectivity index is 1.65. The number of nitriles is 1. The molecule has 0 spiro atoms. The summed E-state index contributed by atoms with van der Waals surface area (Å²) < 4.78 is 6.02. The predicted molar refractivity (Wildman–Crippen MR) is 73.8 cm³/mol. The summed E-state index contributed by atoms with van der Waals surface area (Å²) in [5.41, 5.74) is -0.362. The van der Waals surface area contributed by atoms with Crippen molar-refractivity contribution in [3.05, 3.63) is 30.3 Å². The van der Waals surface area contributed by atoms with E-state index in [9.17, 15) is 5.26 Å². The maximum Gasteiger partial charge on any atom is 0.119 e. The zero-order chi connectivity index (χ0) is 13.1. The summed E-state index contributed by atoms with van der Waals surface area (Å²) in [6.07, 6.45) is 6.45. The molecule has 3 nitrogen and oxygen atoms in total. The predicted octanol–water partition coefficient (Wildman–Crippen LogP) is 3.02. The maximum absolute atomic E-state index is 9.53. The van der Waals surface area contributed by atoms with Gasteiger partial charge in [-0.3, -0.25) is 5.32 Å². The highest BCUT2D eigenvalue weighted by atomic mass is 16.5. The van der Waals surface area contributed by atoms with Crippen LogP contribution >= 0.6 is 0 Å². The fourth-order valence-corrected chi connectivity index (χ4v) is 2.90. The van der Waals surface area contributed by atoms with Gasteiger partial charge in [0.05, 0.1) is 6.07 Å². The molecule has 3 rings (SSSR count). The van der Waals surface area contributed by atoms with E-state index in [0.29, 0.717) is 6.04 Å². The van der Waals surface area contributed by atoms with Gasteiger partial charge in [-0.25, -0.2) is 0 Å². The molecular weight excluding hydrogens is 236 g/mol. The molecule has 2 saturated carbocycles. The normalized spacial score (nSPS) is 30.6. The summed E-state index contributed by atoms with van der Waals surface area (Å²) in [4.78, 5) is 0. The van der Waals surface area contributed by atoms with Crippen LogP contribution in [-0.4, -0.2) is 17.7 Å². The topological polar surface area (TPSA) is 45.0 Å². The van der Waals surface area contributed by atoms with Crippen LogP contribution in [0.5, 0.6) is 5.75 Å². The Kier molecular flexibility index (Phi) is 3.44. The summed E-state index contributed by atoms with van der Waals surface area (Å²) in [7, 11) is 0. The van der Waals surface area contributed by atoms with Gasteiger partial charge in [-0.15, -0.1) is 0 Å². The van der Waals surface area contributed by atoms with Gasteiger partial charge in [0.2, 0.25) is 0 Å². The van der Waals surface area contributed by atoms with Gasteiger partial charge < -0.3 is 4.74 Å². The second kappa shape index (κ2) is 5.22. The number of nitrogens with one attached hydrogen (secondary N) is 1. The van der Waals surface area contributed by atoms with E-state index in [0.717, 1.165) is 31.4 Å². The van der Waals surface area contributed by atoms with Crippen molar-refractivity contribution in [2.24, 2.45) is 0 Å². The van der Waals surface area contributed by atoms with Crippen molar-refractivity contribution < 1.29 is 4.74 Å². The zero-order valence-corrected chi connectivity index (χ0v) is 11.1. The van der Waals surface area contributed by atoms with Crippen LogP contribution in [0.25, 0.3) is 0 Å². The molecule has 2 unspecified atom stereocenters. The highest BCUT2D eigenvalue weighted by molar-refractivity contribution is 5.22. The molecule has 2 aliphatic carbocycles. The van der Waals surface area contributed by atoms with Crippen LogP contribution in [-0.2, 0) is 0 Å². The lowest BCUT2D eigenvalue weighted by Crippen LogP contribution is -2.50. The summed E-state index contributed by atoms with van der Waals surface area (Å²) in [5, 5.41) is 13.1. The smallest absolute Gasteiger partial charge is 0.119 e. The highest BCUT2D eigenvalue weighted by Gasteiger charge is 2.41. The second-order valence-electron chi connectivity index (χ2n) is 5.76. The van der Waals surface area contributed by atoms with Gasteiger partial charge in [0.25, 0.3) is 0 Å². The standard InChI is InChI=1S/C16H20N2O/c17-12-16(18-13-8-9-13)10-4-7-15(11-16)19-14-5-2-1-3-6-14/h1-3,5-6,13,15,18H,4,7-11H2. The van der Waals surface area contributed by atoms with Crippen LogP contribution in [0, 0.1) is 11.3 Å². The lowest BCUT2D eigenvalue weighted by atomic mass is 9.81. The van der Waals surface area contributed by atoms with Crippen LogP contribution in [0.3, 0.4) is 0 Å². The molecule has 1 aromatic carbocycles. The first-order valence-corrected chi connectivity index (χ1v) is 7.20. The molecule has 1 N–H and O–H groups in total. The average Bonchev–Trinajstić information content (AvgIpc) is 3.24. The Labute approximate surface area is 114 Å². The molecule has 2 atom stereocenters. The number of ether oxygens (including phenoxy) is 1. The maximum atomic E-state index is 9.53. The monoisotopic (exact) mass is 256 g/mol. The molecule has 19 heavy (non-hydrogen) atoms. The molecule has 0 bridgehead atoms. The Bertz CT molecular complexity index is 463. The van der Waals surface area contributed by atoms with Gasteiger partial charge in [-0.2, -0.15) is 5.26 Å².